The van der Waals surface area contributed by atoms with E-state index in [0.29, 0.717) is 12.4 Å². The van der Waals surface area contributed by atoms with Gasteiger partial charge in [-0.1, -0.05) is 12.1 Å². The van der Waals surface area contributed by atoms with E-state index in [2.05, 4.69) is 15.0 Å². The van der Waals surface area contributed by atoms with Crippen LogP contribution in [0.2, 0.25) is 0 Å². The molecule has 9 heteroatoms. The number of carbonyl (C=O) groups is 2. The number of aromatic nitrogens is 1. The second kappa shape index (κ2) is 10.1. The number of likely N-dealkylation sites (tertiary alicyclic amines) is 1. The maximum absolute atomic E-state index is 12.8. The molecule has 1 aliphatic heterocycles. The minimum absolute atomic E-state index is 0.00754. The number of hydrogen-bond acceptors (Lipinski definition) is 5. The molecular weight excluding hydrogens is 432 g/mol. The number of halogens is 2. The molecule has 33 heavy (non-hydrogen) atoms. The molecule has 2 aromatic rings. The summed E-state index contributed by atoms with van der Waals surface area (Å²) in [5.41, 5.74) is 1.57. The van der Waals surface area contributed by atoms with Crippen LogP contribution >= 0.6 is 0 Å². The number of ether oxygens (including phenoxy) is 2. The molecule has 1 aliphatic carbocycles. The first-order valence-electron chi connectivity index (χ1n) is 11.1. The van der Waals surface area contributed by atoms with Crippen molar-refractivity contribution in [3.63, 3.8) is 0 Å². The standard InChI is InChI=1S/C24H27F2N3O4/c1-15-5-4-8-21(27-15)28-22(30)14-29-13-17(12-23(29)31)16-9-10-19(33-24(25)26)20(11-16)32-18-6-2-3-7-18/h4-5,8-11,17-18,24H,2-3,6-7,12-14H2,1H3,(H,27,28,30)/t17-/m0/s1. The molecule has 2 fully saturated rings. The second-order valence-corrected chi connectivity index (χ2v) is 8.50. The molecule has 2 amide bonds. The molecule has 0 bridgehead atoms. The Balaban J connectivity index is 1.43. The first-order chi connectivity index (χ1) is 15.9. The van der Waals surface area contributed by atoms with Gasteiger partial charge in [-0.15, -0.1) is 0 Å². The fourth-order valence-corrected chi connectivity index (χ4v) is 4.37. The summed E-state index contributed by atoms with van der Waals surface area (Å²) in [6.07, 6.45) is 4.04. The normalized spacial score (nSPS) is 18.7. The van der Waals surface area contributed by atoms with Gasteiger partial charge < -0.3 is 19.7 Å². The molecule has 7 nitrogen and oxygen atoms in total. The highest BCUT2D eigenvalue weighted by atomic mass is 19.3. The maximum Gasteiger partial charge on any atom is 0.387 e. The lowest BCUT2D eigenvalue weighted by molar-refractivity contribution is -0.131. The zero-order valence-corrected chi connectivity index (χ0v) is 18.4. The topological polar surface area (TPSA) is 80.8 Å². The van der Waals surface area contributed by atoms with Gasteiger partial charge in [-0.25, -0.2) is 4.98 Å². The van der Waals surface area contributed by atoms with Crippen molar-refractivity contribution < 1.29 is 27.8 Å². The number of carbonyl (C=O) groups excluding carboxylic acids is 2. The average Bonchev–Trinajstić information content (AvgIpc) is 3.39. The van der Waals surface area contributed by atoms with Gasteiger partial charge in [0.25, 0.3) is 0 Å². The van der Waals surface area contributed by atoms with Crippen LogP contribution in [0.1, 0.15) is 49.3 Å². The Morgan fingerprint density at radius 3 is 2.73 bits per heavy atom. The third-order valence-corrected chi connectivity index (χ3v) is 5.96. The quantitative estimate of drug-likeness (QED) is 0.638. The van der Waals surface area contributed by atoms with E-state index in [1.165, 1.54) is 11.0 Å². The predicted molar refractivity (Wildman–Crippen MR) is 117 cm³/mol. The van der Waals surface area contributed by atoms with Crippen molar-refractivity contribution in [2.24, 2.45) is 0 Å². The van der Waals surface area contributed by atoms with Gasteiger partial charge in [-0.3, -0.25) is 9.59 Å². The summed E-state index contributed by atoms with van der Waals surface area (Å²) >= 11 is 0. The Kier molecular flexibility index (Phi) is 7.05. The third kappa shape index (κ3) is 5.97. The first-order valence-corrected chi connectivity index (χ1v) is 11.1. The molecule has 1 aromatic heterocycles. The van der Waals surface area contributed by atoms with Gasteiger partial charge >= 0.3 is 6.61 Å². The molecule has 0 radical (unpaired) electrons. The van der Waals surface area contributed by atoms with Gasteiger partial charge in [0, 0.05) is 24.6 Å². The number of rotatable bonds is 8. The predicted octanol–water partition coefficient (Wildman–Crippen LogP) is 4.27. The van der Waals surface area contributed by atoms with Crippen molar-refractivity contribution in [3.8, 4) is 11.5 Å². The number of aryl methyl sites for hydroxylation is 1. The van der Waals surface area contributed by atoms with Crippen molar-refractivity contribution >= 4 is 17.6 Å². The molecule has 2 aliphatic rings. The average molecular weight is 459 g/mol. The minimum atomic E-state index is -2.95. The van der Waals surface area contributed by atoms with E-state index in [1.54, 1.807) is 24.3 Å². The van der Waals surface area contributed by atoms with Crippen LogP contribution in [0, 0.1) is 6.92 Å². The number of anilines is 1. The van der Waals surface area contributed by atoms with E-state index in [1.807, 2.05) is 13.0 Å². The van der Waals surface area contributed by atoms with E-state index in [4.69, 9.17) is 4.74 Å². The Morgan fingerprint density at radius 1 is 1.21 bits per heavy atom. The maximum atomic E-state index is 12.8. The summed E-state index contributed by atoms with van der Waals surface area (Å²) in [5.74, 6) is 0.0627. The molecule has 2 heterocycles. The van der Waals surface area contributed by atoms with Gasteiger partial charge in [-0.2, -0.15) is 8.78 Å². The van der Waals surface area contributed by atoms with Crippen molar-refractivity contribution in [2.45, 2.75) is 57.7 Å². The van der Waals surface area contributed by atoms with Crippen molar-refractivity contribution in [2.75, 3.05) is 18.4 Å². The van der Waals surface area contributed by atoms with E-state index >= 15 is 0 Å². The summed E-state index contributed by atoms with van der Waals surface area (Å²) in [6.45, 7) is -0.854. The van der Waals surface area contributed by atoms with E-state index in [-0.39, 0.29) is 48.3 Å². The van der Waals surface area contributed by atoms with Gasteiger partial charge in [0.15, 0.2) is 11.5 Å². The Hall–Kier alpha value is -3.23. The van der Waals surface area contributed by atoms with Gasteiger partial charge in [-0.05, 0) is 62.4 Å². The van der Waals surface area contributed by atoms with Crippen molar-refractivity contribution in [1.29, 1.82) is 0 Å². The zero-order valence-electron chi connectivity index (χ0n) is 18.4. The summed E-state index contributed by atoms with van der Waals surface area (Å²) in [5, 5.41) is 2.71. The monoisotopic (exact) mass is 459 g/mol. The molecule has 176 valence electrons. The van der Waals surface area contributed by atoms with Crippen molar-refractivity contribution in [1.82, 2.24) is 9.88 Å². The van der Waals surface area contributed by atoms with Gasteiger partial charge in [0.2, 0.25) is 11.8 Å². The van der Waals surface area contributed by atoms with E-state index in [9.17, 15) is 18.4 Å². The molecule has 0 unspecified atom stereocenters. The third-order valence-electron chi connectivity index (χ3n) is 5.96. The summed E-state index contributed by atoms with van der Waals surface area (Å²) < 4.78 is 36.3. The van der Waals surface area contributed by atoms with Crippen molar-refractivity contribution in [3.05, 3.63) is 47.7 Å². The van der Waals surface area contributed by atoms with Crippen LogP contribution in [-0.2, 0) is 9.59 Å². The Morgan fingerprint density at radius 2 is 2.00 bits per heavy atom. The summed E-state index contributed by atoms with van der Waals surface area (Å²) in [6, 6.07) is 10.1. The first kappa shape index (κ1) is 22.9. The summed E-state index contributed by atoms with van der Waals surface area (Å²) in [7, 11) is 0. The largest absolute Gasteiger partial charge is 0.487 e. The number of amides is 2. The minimum Gasteiger partial charge on any atom is -0.487 e. The van der Waals surface area contributed by atoms with Crippen LogP contribution in [0.4, 0.5) is 14.6 Å². The number of pyridine rings is 1. The smallest absolute Gasteiger partial charge is 0.387 e. The van der Waals surface area contributed by atoms with Crippen LogP contribution in [0.25, 0.3) is 0 Å². The molecular formula is C24H27F2N3O4. The molecule has 1 saturated carbocycles. The van der Waals surface area contributed by atoms with Gasteiger partial charge in [0.05, 0.1) is 12.6 Å². The number of alkyl halides is 2. The lowest BCUT2D eigenvalue weighted by Gasteiger charge is -2.20. The van der Waals surface area contributed by atoms with Crippen LogP contribution in [0.3, 0.4) is 0 Å². The number of nitrogens with one attached hydrogen (secondary N) is 1. The highest BCUT2D eigenvalue weighted by Crippen LogP contribution is 2.37. The number of hydrogen-bond donors (Lipinski definition) is 1. The molecule has 1 atom stereocenters. The van der Waals surface area contributed by atoms with Crippen LogP contribution < -0.4 is 14.8 Å². The molecule has 1 N–H and O–H groups in total. The molecule has 4 rings (SSSR count). The Bertz CT molecular complexity index is 1010. The number of benzene rings is 1. The van der Waals surface area contributed by atoms with E-state index in [0.717, 1.165) is 36.9 Å². The van der Waals surface area contributed by atoms with Crippen LogP contribution in [0.15, 0.2) is 36.4 Å². The van der Waals surface area contributed by atoms with E-state index < -0.39 is 6.61 Å². The molecule has 1 saturated heterocycles. The lowest BCUT2D eigenvalue weighted by atomic mass is 9.98. The fraction of sp³-hybridized carbons (Fsp3) is 0.458. The SMILES string of the molecule is Cc1cccc(NC(=O)CN2C[C@@H](c3ccc(OC(F)F)c(OC4CCCC4)c3)CC2=O)n1. The summed E-state index contributed by atoms with van der Waals surface area (Å²) in [4.78, 5) is 30.7. The zero-order chi connectivity index (χ0) is 23.4. The molecule has 0 spiro atoms. The fourth-order valence-electron chi connectivity index (χ4n) is 4.37. The highest BCUT2D eigenvalue weighted by molar-refractivity contribution is 5.94. The Labute approximate surface area is 191 Å². The van der Waals surface area contributed by atoms with Crippen LogP contribution in [-0.4, -0.2) is 47.5 Å². The van der Waals surface area contributed by atoms with Crippen LogP contribution in [0.5, 0.6) is 11.5 Å². The highest BCUT2D eigenvalue weighted by Gasteiger charge is 2.32. The second-order valence-electron chi connectivity index (χ2n) is 8.50. The molecule has 1 aromatic carbocycles. The number of nitrogens with zero attached hydrogens (tertiary/aromatic N) is 2. The van der Waals surface area contributed by atoms with Gasteiger partial charge in [0.1, 0.15) is 5.82 Å². The lowest BCUT2D eigenvalue weighted by Crippen LogP contribution is -2.34.